The monoisotopic (exact) mass is 720 g/mol. The number of nitrogens with one attached hydrogen (secondary N) is 3. The number of carbonyl (C=O) groups excluding carboxylic acids is 2. The van der Waals surface area contributed by atoms with Crippen molar-refractivity contribution in [3.05, 3.63) is 104 Å². The second-order valence-corrected chi connectivity index (χ2v) is 15.3. The smallest absolute Gasteiger partial charge is 0.404 e. The van der Waals surface area contributed by atoms with Gasteiger partial charge >= 0.3 is 12.1 Å². The van der Waals surface area contributed by atoms with Gasteiger partial charge in [-0.25, -0.2) is 14.6 Å². The van der Waals surface area contributed by atoms with Gasteiger partial charge in [0.05, 0.1) is 34.4 Å². The van der Waals surface area contributed by atoms with Crippen LogP contribution in [0.3, 0.4) is 0 Å². The second-order valence-electron chi connectivity index (χ2n) is 13.4. The molecule has 2 heterocycles. The quantitative estimate of drug-likeness (QED) is 0.0915. The highest BCUT2D eigenvalue weighted by Crippen LogP contribution is 2.29. The third kappa shape index (κ3) is 11.4. The lowest BCUT2D eigenvalue weighted by Gasteiger charge is -2.39. The molecule has 5 N–H and O–H groups in total. The van der Waals surface area contributed by atoms with Crippen molar-refractivity contribution in [1.82, 2.24) is 30.8 Å². The summed E-state index contributed by atoms with van der Waals surface area (Å²) >= 11 is 2.93. The predicted molar refractivity (Wildman–Crippen MR) is 197 cm³/mol. The molecule has 0 aliphatic carbocycles. The first kappa shape index (κ1) is 38.5. The lowest BCUT2D eigenvalue weighted by atomic mass is 9.79. The fraction of sp³-hybridized carbons (Fsp3) is 0.432. The molecule has 2 aromatic carbocycles. The summed E-state index contributed by atoms with van der Waals surface area (Å²) in [4.78, 5) is 50.6. The van der Waals surface area contributed by atoms with E-state index in [9.17, 15) is 24.6 Å². The number of benzene rings is 2. The Bertz CT molecular complexity index is 1650. The minimum atomic E-state index is -1.63. The van der Waals surface area contributed by atoms with Crippen LogP contribution < -0.4 is 16.0 Å². The van der Waals surface area contributed by atoms with Crippen molar-refractivity contribution in [3.8, 4) is 0 Å². The van der Waals surface area contributed by atoms with E-state index in [4.69, 9.17) is 0 Å². The van der Waals surface area contributed by atoms with Gasteiger partial charge in [0.15, 0.2) is 0 Å². The third-order valence-corrected chi connectivity index (χ3v) is 10.5. The Labute approximate surface area is 302 Å². The van der Waals surface area contributed by atoms with Crippen LogP contribution in [-0.2, 0) is 30.6 Å². The molecule has 4 amide bonds. The van der Waals surface area contributed by atoms with Crippen molar-refractivity contribution in [3.63, 3.8) is 0 Å². The standard InChI is InChI=1S/C37H48N6O5S2/c1-24(2)32(42-35(45)43(5)21-29-22-49-34(40-29)25(3)4)33(44)39-28(16-26-12-8-6-9-13-26)18-37(48,19-30-20-38-23-50-30)31(41-36(46)47)17-27-14-10-7-11-15-27/h6-15,20,22-25,28,31-32,41,48H,16-19,21H2,1-5H3,(H,39,44)(H,42,45)(H,46,47)/t28-,31-,32-,37-/m0/s1. The number of urea groups is 1. The largest absolute Gasteiger partial charge is 0.465 e. The van der Waals surface area contributed by atoms with Gasteiger partial charge < -0.3 is 31.1 Å². The molecule has 4 aromatic rings. The average molecular weight is 721 g/mol. The van der Waals surface area contributed by atoms with Gasteiger partial charge in [-0.2, -0.15) is 0 Å². The number of thiazole rings is 2. The molecule has 0 unspecified atom stereocenters. The van der Waals surface area contributed by atoms with Crippen molar-refractivity contribution < 1.29 is 24.6 Å². The Morgan fingerprint density at radius 2 is 1.54 bits per heavy atom. The summed E-state index contributed by atoms with van der Waals surface area (Å²) in [6.07, 6.45) is 1.12. The van der Waals surface area contributed by atoms with Gasteiger partial charge in [-0.15, -0.1) is 22.7 Å². The number of carboxylic acid groups (broad SMARTS) is 1. The van der Waals surface area contributed by atoms with E-state index < -0.39 is 41.8 Å². The third-order valence-electron chi connectivity index (χ3n) is 8.50. The molecular weight excluding hydrogens is 673 g/mol. The highest BCUT2D eigenvalue weighted by molar-refractivity contribution is 7.09. The lowest BCUT2D eigenvalue weighted by Crippen LogP contribution is -2.59. The van der Waals surface area contributed by atoms with Crippen LogP contribution in [0, 0.1) is 5.92 Å². The van der Waals surface area contributed by atoms with Crippen molar-refractivity contribution in [2.45, 2.75) is 89.6 Å². The van der Waals surface area contributed by atoms with Gasteiger partial charge in [-0.1, -0.05) is 88.4 Å². The molecule has 50 heavy (non-hydrogen) atoms. The summed E-state index contributed by atoms with van der Waals surface area (Å²) < 4.78 is 0. The normalized spacial score (nSPS) is 14.4. The molecule has 0 saturated heterocycles. The molecular formula is C37H48N6O5S2. The van der Waals surface area contributed by atoms with Gasteiger partial charge in [0.2, 0.25) is 5.91 Å². The van der Waals surface area contributed by atoms with E-state index in [0.717, 1.165) is 26.7 Å². The highest BCUT2D eigenvalue weighted by Gasteiger charge is 2.41. The van der Waals surface area contributed by atoms with Crippen LogP contribution in [0.1, 0.15) is 66.7 Å². The maximum absolute atomic E-state index is 14.1. The Kier molecular flexibility index (Phi) is 13.9. The van der Waals surface area contributed by atoms with E-state index >= 15 is 0 Å². The number of hydrogen-bond acceptors (Lipinski definition) is 8. The summed E-state index contributed by atoms with van der Waals surface area (Å²) in [7, 11) is 1.67. The van der Waals surface area contributed by atoms with Crippen molar-refractivity contribution in [1.29, 1.82) is 0 Å². The molecule has 4 rings (SSSR count). The topological polar surface area (TPSA) is 157 Å². The van der Waals surface area contributed by atoms with Crippen molar-refractivity contribution >= 4 is 40.7 Å². The van der Waals surface area contributed by atoms with Crippen LogP contribution in [0.5, 0.6) is 0 Å². The van der Waals surface area contributed by atoms with Crippen LogP contribution in [0.15, 0.2) is 77.8 Å². The zero-order valence-electron chi connectivity index (χ0n) is 29.2. The van der Waals surface area contributed by atoms with Crippen molar-refractivity contribution in [2.75, 3.05) is 7.05 Å². The van der Waals surface area contributed by atoms with E-state index in [2.05, 4.69) is 39.8 Å². The summed E-state index contributed by atoms with van der Waals surface area (Å²) in [5.41, 5.74) is 2.60. The zero-order valence-corrected chi connectivity index (χ0v) is 30.8. The van der Waals surface area contributed by atoms with E-state index in [1.165, 1.54) is 16.2 Å². The molecule has 4 atom stereocenters. The maximum atomic E-state index is 14.1. The molecule has 0 saturated carbocycles. The summed E-state index contributed by atoms with van der Waals surface area (Å²) in [5.74, 6) is -0.365. The fourth-order valence-electron chi connectivity index (χ4n) is 5.89. The second kappa shape index (κ2) is 18.1. The number of rotatable bonds is 17. The van der Waals surface area contributed by atoms with Gasteiger partial charge in [0.1, 0.15) is 6.04 Å². The number of nitrogens with zero attached hydrogens (tertiary/aromatic N) is 3. The van der Waals surface area contributed by atoms with Crippen LogP contribution in [0.2, 0.25) is 0 Å². The first-order valence-corrected chi connectivity index (χ1v) is 18.5. The number of aromatic nitrogens is 2. The van der Waals surface area contributed by atoms with E-state index in [1.54, 1.807) is 30.1 Å². The van der Waals surface area contributed by atoms with Crippen LogP contribution in [-0.4, -0.2) is 73.9 Å². The van der Waals surface area contributed by atoms with E-state index in [1.807, 2.05) is 79.9 Å². The Morgan fingerprint density at radius 1 is 0.900 bits per heavy atom. The molecule has 0 aliphatic rings. The van der Waals surface area contributed by atoms with E-state index in [-0.39, 0.29) is 25.2 Å². The van der Waals surface area contributed by atoms with Crippen molar-refractivity contribution in [2.24, 2.45) is 5.92 Å². The number of carbonyl (C=O) groups is 3. The minimum Gasteiger partial charge on any atom is -0.465 e. The molecule has 0 fully saturated rings. The summed E-state index contributed by atoms with van der Waals surface area (Å²) in [5, 5.41) is 34.0. The predicted octanol–water partition coefficient (Wildman–Crippen LogP) is 5.86. The fourth-order valence-corrected chi connectivity index (χ4v) is 7.43. The van der Waals surface area contributed by atoms with Gasteiger partial charge in [-0.3, -0.25) is 9.78 Å². The lowest BCUT2D eigenvalue weighted by molar-refractivity contribution is -0.125. The summed E-state index contributed by atoms with van der Waals surface area (Å²) in [6.45, 7) is 8.16. The Balaban J connectivity index is 1.60. The summed E-state index contributed by atoms with van der Waals surface area (Å²) in [6, 6.07) is 16.1. The molecule has 2 aromatic heterocycles. The molecule has 268 valence electrons. The highest BCUT2D eigenvalue weighted by atomic mass is 32.1. The molecule has 0 aliphatic heterocycles. The Hall–Kier alpha value is -4.33. The Morgan fingerprint density at radius 3 is 2.08 bits per heavy atom. The van der Waals surface area contributed by atoms with Crippen LogP contribution >= 0.6 is 22.7 Å². The average Bonchev–Trinajstić information content (AvgIpc) is 3.76. The number of hydrogen-bond donors (Lipinski definition) is 5. The number of aliphatic hydroxyl groups is 1. The zero-order chi connectivity index (χ0) is 36.3. The maximum Gasteiger partial charge on any atom is 0.404 e. The molecule has 11 nitrogen and oxygen atoms in total. The molecule has 0 spiro atoms. The molecule has 13 heteroatoms. The van der Waals surface area contributed by atoms with Crippen LogP contribution in [0.25, 0.3) is 0 Å². The minimum absolute atomic E-state index is 0.0178. The van der Waals surface area contributed by atoms with Gasteiger partial charge in [0.25, 0.3) is 0 Å². The SMILES string of the molecule is CC(C)c1nc(CN(C)C(=O)N[C@H](C(=O)N[C@@H](Cc2ccccc2)C[C@](O)(Cc2cncs2)[C@H](Cc2ccccc2)NC(=O)O)C(C)C)cs1. The van der Waals surface area contributed by atoms with Crippen LogP contribution in [0.4, 0.5) is 9.59 Å². The molecule has 0 radical (unpaired) electrons. The number of amides is 4. The van der Waals surface area contributed by atoms with Gasteiger partial charge in [-0.05, 0) is 36.3 Å². The first-order chi connectivity index (χ1) is 23.8. The first-order valence-electron chi connectivity index (χ1n) is 16.8. The van der Waals surface area contributed by atoms with E-state index in [0.29, 0.717) is 18.9 Å². The van der Waals surface area contributed by atoms with Gasteiger partial charge in [0, 0.05) is 41.9 Å². The molecule has 0 bridgehead atoms.